The number of rotatable bonds is 7. The zero-order chi connectivity index (χ0) is 23.0. The summed E-state index contributed by atoms with van der Waals surface area (Å²) in [6, 6.07) is 7.64. The molecule has 0 aliphatic heterocycles. The number of aromatic amines is 1. The molecule has 12 heteroatoms. The normalized spacial score (nSPS) is 12.9. The highest BCUT2D eigenvalue weighted by molar-refractivity contribution is 7.89. The number of benzene rings is 2. The molecule has 0 amide bonds. The van der Waals surface area contributed by atoms with Crippen LogP contribution in [0.3, 0.4) is 0 Å². The molecular formula is C20H18F3N5O3S. The minimum Gasteiger partial charge on any atom is -0.424 e. The summed E-state index contributed by atoms with van der Waals surface area (Å²) in [4.78, 5) is 2.06. The van der Waals surface area contributed by atoms with Gasteiger partial charge in [-0.2, -0.15) is 0 Å². The van der Waals surface area contributed by atoms with Crippen molar-refractivity contribution in [2.45, 2.75) is 31.3 Å². The molecule has 32 heavy (non-hydrogen) atoms. The molecule has 2 aromatic carbocycles. The molecule has 0 saturated heterocycles. The second kappa shape index (κ2) is 8.28. The van der Waals surface area contributed by atoms with Crippen LogP contribution in [0.5, 0.6) is 11.8 Å². The number of nitrogens with one attached hydrogen (secondary N) is 2. The number of halogens is 3. The van der Waals surface area contributed by atoms with E-state index in [-0.39, 0.29) is 11.8 Å². The lowest BCUT2D eigenvalue weighted by Gasteiger charge is -2.16. The Labute approximate surface area is 181 Å². The summed E-state index contributed by atoms with van der Waals surface area (Å²) in [5, 5.41) is 8.97. The SMILES string of the molecule is CCn1c(Oc2ccc3cc[nH]c3c2)nnc1[C@@H](C)NS(=O)(=O)c1ccc(F)c(F)c1F. The molecule has 0 aliphatic carbocycles. The van der Waals surface area contributed by atoms with Gasteiger partial charge in [0, 0.05) is 24.3 Å². The zero-order valence-electron chi connectivity index (χ0n) is 16.9. The highest BCUT2D eigenvalue weighted by Gasteiger charge is 2.28. The van der Waals surface area contributed by atoms with E-state index in [4.69, 9.17) is 4.74 Å². The molecule has 168 valence electrons. The number of hydrogen-bond donors (Lipinski definition) is 2. The molecule has 0 fully saturated rings. The van der Waals surface area contributed by atoms with E-state index in [0.29, 0.717) is 24.4 Å². The van der Waals surface area contributed by atoms with Gasteiger partial charge in [-0.3, -0.25) is 4.57 Å². The summed E-state index contributed by atoms with van der Waals surface area (Å²) in [5.41, 5.74) is 0.861. The van der Waals surface area contributed by atoms with Gasteiger partial charge in [-0.1, -0.05) is 5.10 Å². The van der Waals surface area contributed by atoms with E-state index >= 15 is 0 Å². The summed E-state index contributed by atoms with van der Waals surface area (Å²) in [6.45, 7) is 3.58. The first kappa shape index (κ1) is 21.8. The standard InChI is InChI=1S/C20H18F3N5O3S/c1-3-28-19(11(2)27-32(29,30)16-7-6-14(21)17(22)18(16)23)25-26-20(28)31-13-5-4-12-8-9-24-15(12)10-13/h4-11,24,27H,3H2,1-2H3/t11-/m1/s1. The quantitative estimate of drug-likeness (QED) is 0.401. The van der Waals surface area contributed by atoms with E-state index in [1.54, 1.807) is 25.3 Å². The monoisotopic (exact) mass is 465 g/mol. The van der Waals surface area contributed by atoms with Gasteiger partial charge >= 0.3 is 6.01 Å². The Kier molecular flexibility index (Phi) is 5.65. The summed E-state index contributed by atoms with van der Waals surface area (Å²) >= 11 is 0. The van der Waals surface area contributed by atoms with E-state index in [2.05, 4.69) is 19.9 Å². The van der Waals surface area contributed by atoms with Gasteiger partial charge < -0.3 is 9.72 Å². The molecule has 2 aromatic heterocycles. The summed E-state index contributed by atoms with van der Waals surface area (Å²) < 4.78 is 75.3. The second-order valence-electron chi connectivity index (χ2n) is 6.93. The van der Waals surface area contributed by atoms with Crippen molar-refractivity contribution in [3.63, 3.8) is 0 Å². The third-order valence-electron chi connectivity index (χ3n) is 4.81. The van der Waals surface area contributed by atoms with Crippen LogP contribution >= 0.6 is 0 Å². The van der Waals surface area contributed by atoms with E-state index in [9.17, 15) is 21.6 Å². The Bertz CT molecular complexity index is 1400. The Morgan fingerprint density at radius 3 is 2.66 bits per heavy atom. The molecule has 4 aromatic rings. The number of nitrogens with zero attached hydrogens (tertiary/aromatic N) is 3. The first-order chi connectivity index (χ1) is 15.2. The molecule has 2 N–H and O–H groups in total. The van der Waals surface area contributed by atoms with Gasteiger partial charge in [0.05, 0.1) is 6.04 Å². The van der Waals surface area contributed by atoms with Crippen LogP contribution in [0.25, 0.3) is 10.9 Å². The highest BCUT2D eigenvalue weighted by Crippen LogP contribution is 2.27. The molecule has 0 bridgehead atoms. The first-order valence-electron chi connectivity index (χ1n) is 9.55. The maximum atomic E-state index is 14.0. The van der Waals surface area contributed by atoms with Crippen molar-refractivity contribution in [1.29, 1.82) is 0 Å². The van der Waals surface area contributed by atoms with E-state index in [1.165, 1.54) is 11.5 Å². The zero-order valence-corrected chi connectivity index (χ0v) is 17.8. The lowest BCUT2D eigenvalue weighted by molar-refractivity contribution is 0.408. The van der Waals surface area contributed by atoms with Crippen LogP contribution in [0.2, 0.25) is 0 Å². The predicted molar refractivity (Wildman–Crippen MR) is 109 cm³/mol. The largest absolute Gasteiger partial charge is 0.424 e. The van der Waals surface area contributed by atoms with Gasteiger partial charge in [0.1, 0.15) is 10.6 Å². The van der Waals surface area contributed by atoms with Crippen LogP contribution in [0.4, 0.5) is 13.2 Å². The minimum absolute atomic E-state index is 0.124. The van der Waals surface area contributed by atoms with Crippen LogP contribution in [-0.4, -0.2) is 28.2 Å². The van der Waals surface area contributed by atoms with E-state index in [1.807, 2.05) is 12.1 Å². The van der Waals surface area contributed by atoms with Crippen molar-refractivity contribution in [2.75, 3.05) is 0 Å². The molecule has 4 rings (SSSR count). The lowest BCUT2D eigenvalue weighted by Crippen LogP contribution is -2.30. The molecule has 0 spiro atoms. The fourth-order valence-electron chi connectivity index (χ4n) is 3.25. The number of hydrogen-bond acceptors (Lipinski definition) is 5. The van der Waals surface area contributed by atoms with Gasteiger partial charge in [0.15, 0.2) is 23.3 Å². The van der Waals surface area contributed by atoms with Crippen LogP contribution in [-0.2, 0) is 16.6 Å². The molecule has 8 nitrogen and oxygen atoms in total. The third kappa shape index (κ3) is 3.94. The van der Waals surface area contributed by atoms with Gasteiger partial charge in [0.2, 0.25) is 10.0 Å². The molecule has 0 unspecified atom stereocenters. The van der Waals surface area contributed by atoms with Crippen molar-refractivity contribution in [1.82, 2.24) is 24.5 Å². The molecule has 0 aliphatic rings. The van der Waals surface area contributed by atoms with Gasteiger partial charge in [-0.15, -0.1) is 5.10 Å². The Morgan fingerprint density at radius 1 is 1.12 bits per heavy atom. The maximum absolute atomic E-state index is 14.0. The van der Waals surface area contributed by atoms with Gasteiger partial charge in [-0.25, -0.2) is 26.3 Å². The third-order valence-corrected chi connectivity index (χ3v) is 6.36. The number of sulfonamides is 1. The predicted octanol–water partition coefficient (Wildman–Crippen LogP) is 4.03. The van der Waals surface area contributed by atoms with Crippen LogP contribution in [0, 0.1) is 17.5 Å². The molecule has 0 saturated carbocycles. The average molecular weight is 465 g/mol. The van der Waals surface area contributed by atoms with Gasteiger partial charge in [0.25, 0.3) is 0 Å². The maximum Gasteiger partial charge on any atom is 0.322 e. The molecule has 0 radical (unpaired) electrons. The van der Waals surface area contributed by atoms with Crippen molar-refractivity contribution < 1.29 is 26.3 Å². The Morgan fingerprint density at radius 2 is 1.91 bits per heavy atom. The molecule has 2 heterocycles. The second-order valence-corrected chi connectivity index (χ2v) is 8.61. The van der Waals surface area contributed by atoms with Crippen molar-refractivity contribution in [3.8, 4) is 11.8 Å². The first-order valence-corrected chi connectivity index (χ1v) is 11.0. The van der Waals surface area contributed by atoms with Gasteiger partial charge in [-0.05, 0) is 49.6 Å². The summed E-state index contributed by atoms with van der Waals surface area (Å²) in [5.74, 6) is -4.47. The van der Waals surface area contributed by atoms with Crippen LogP contribution in [0.1, 0.15) is 25.7 Å². The number of ether oxygens (including phenoxy) is 1. The molecule has 1 atom stereocenters. The van der Waals surface area contributed by atoms with Crippen molar-refractivity contribution in [3.05, 3.63) is 65.9 Å². The molecular weight excluding hydrogens is 447 g/mol. The lowest BCUT2D eigenvalue weighted by atomic mass is 10.2. The summed E-state index contributed by atoms with van der Waals surface area (Å²) in [6.07, 6.45) is 1.80. The van der Waals surface area contributed by atoms with Crippen LogP contribution < -0.4 is 9.46 Å². The smallest absolute Gasteiger partial charge is 0.322 e. The minimum atomic E-state index is -4.53. The van der Waals surface area contributed by atoms with E-state index < -0.39 is 38.4 Å². The fourth-order valence-corrected chi connectivity index (χ4v) is 4.52. The highest BCUT2D eigenvalue weighted by atomic mass is 32.2. The van der Waals surface area contributed by atoms with Crippen molar-refractivity contribution in [2.24, 2.45) is 0 Å². The summed E-state index contributed by atoms with van der Waals surface area (Å²) in [7, 11) is -4.53. The topological polar surface area (TPSA) is 102 Å². The van der Waals surface area contributed by atoms with Crippen LogP contribution in [0.15, 0.2) is 47.5 Å². The number of aromatic nitrogens is 4. The average Bonchev–Trinajstić information content (AvgIpc) is 3.37. The number of H-pyrrole nitrogens is 1. The fraction of sp³-hybridized carbons (Fsp3) is 0.200. The van der Waals surface area contributed by atoms with Crippen molar-refractivity contribution >= 4 is 20.9 Å². The van der Waals surface area contributed by atoms with E-state index in [0.717, 1.165) is 10.9 Å². The Hall–Kier alpha value is -3.38. The number of fused-ring (bicyclic) bond motifs is 1. The Balaban J connectivity index is 1.59.